The monoisotopic (exact) mass is 322 g/mol. The molecule has 0 heterocycles. The van der Waals surface area contributed by atoms with Crippen LogP contribution < -0.4 is 0 Å². The van der Waals surface area contributed by atoms with Crippen molar-refractivity contribution >= 4 is 22.9 Å². The van der Waals surface area contributed by atoms with Gasteiger partial charge in [-0.25, -0.2) is 0 Å². The first-order valence-electron chi connectivity index (χ1n) is 7.64. The summed E-state index contributed by atoms with van der Waals surface area (Å²) in [7, 11) is 0. The number of hydrogen-bond acceptors (Lipinski definition) is 4. The van der Waals surface area contributed by atoms with Gasteiger partial charge in [0.15, 0.2) is 0 Å². The van der Waals surface area contributed by atoms with E-state index in [9.17, 15) is 0 Å². The van der Waals surface area contributed by atoms with Crippen LogP contribution in [0.4, 0.5) is 0 Å². The molecule has 1 aromatic carbocycles. The molecule has 0 fully saturated rings. The topological polar surface area (TPSA) is 56.9 Å². The molecule has 0 aliphatic carbocycles. The Morgan fingerprint density at radius 1 is 0.909 bits per heavy atom. The average Bonchev–Trinajstić information content (AvgIpc) is 2.38. The van der Waals surface area contributed by atoms with Gasteiger partial charge in [-0.15, -0.1) is 0 Å². The zero-order valence-corrected chi connectivity index (χ0v) is 15.9. The molecule has 1 rings (SSSR count). The second kappa shape index (κ2) is 8.37. The lowest BCUT2D eigenvalue weighted by molar-refractivity contribution is 0.551. The van der Waals surface area contributed by atoms with Crippen LogP contribution in [0.1, 0.15) is 66.5 Å². The fourth-order valence-electron chi connectivity index (χ4n) is 1.57. The highest BCUT2D eigenvalue weighted by molar-refractivity contribution is 8.14. The Hall–Kier alpha value is -1.29. The summed E-state index contributed by atoms with van der Waals surface area (Å²) < 4.78 is 5.18. The second-order valence-electron chi connectivity index (χ2n) is 6.76. The summed E-state index contributed by atoms with van der Waals surface area (Å²) in [4.78, 5) is 0. The molecule has 2 N–H and O–H groups in total. The molecule has 0 radical (unpaired) electrons. The zero-order valence-electron chi connectivity index (χ0n) is 15.1. The van der Waals surface area contributed by atoms with Gasteiger partial charge in [0.1, 0.15) is 0 Å². The minimum atomic E-state index is -0.0898. The highest BCUT2D eigenvalue weighted by atomic mass is 32.2. The van der Waals surface area contributed by atoms with Crippen LogP contribution in [0, 0.1) is 10.8 Å². The summed E-state index contributed by atoms with van der Waals surface area (Å²) in [5.74, 6) is 0.0206. The summed E-state index contributed by atoms with van der Waals surface area (Å²) in [5.41, 5.74) is 2.00. The molecule has 0 saturated heterocycles. The van der Waals surface area contributed by atoms with Gasteiger partial charge in [-0.05, 0) is 23.1 Å². The summed E-state index contributed by atoms with van der Waals surface area (Å²) in [5, 5.41) is 15.7. The fourth-order valence-corrected chi connectivity index (χ4v) is 2.25. The van der Waals surface area contributed by atoms with Crippen LogP contribution in [-0.4, -0.2) is 15.9 Å². The molecule has 124 valence electrons. The van der Waals surface area contributed by atoms with Gasteiger partial charge in [0, 0.05) is 10.3 Å². The SMILES string of the molecule is CC.CC(C)(C)SC(=N)OC(=N)c1ccc(C(C)(C)C)cc1. The normalized spacial score (nSPS) is 11.3. The lowest BCUT2D eigenvalue weighted by atomic mass is 9.87. The van der Waals surface area contributed by atoms with Crippen LogP contribution in [-0.2, 0) is 10.2 Å². The fraction of sp³-hybridized carbons (Fsp3) is 0.556. The second-order valence-corrected chi connectivity index (χ2v) is 8.56. The van der Waals surface area contributed by atoms with Crippen molar-refractivity contribution in [3.63, 3.8) is 0 Å². The first-order valence-corrected chi connectivity index (χ1v) is 8.45. The maximum Gasteiger partial charge on any atom is 0.250 e. The number of nitrogens with one attached hydrogen (secondary N) is 2. The minimum Gasteiger partial charge on any atom is -0.415 e. The van der Waals surface area contributed by atoms with E-state index in [0.29, 0.717) is 5.56 Å². The molecular formula is C18H30N2OS. The molecule has 4 heteroatoms. The van der Waals surface area contributed by atoms with Gasteiger partial charge in [0.2, 0.25) is 5.90 Å². The van der Waals surface area contributed by atoms with Crippen molar-refractivity contribution in [1.82, 2.24) is 0 Å². The van der Waals surface area contributed by atoms with Crippen LogP contribution >= 0.6 is 11.8 Å². The summed E-state index contributed by atoms with van der Waals surface area (Å²) in [6.07, 6.45) is 0. The van der Waals surface area contributed by atoms with Gasteiger partial charge in [-0.2, -0.15) is 0 Å². The molecule has 0 saturated carbocycles. The van der Waals surface area contributed by atoms with E-state index in [2.05, 4.69) is 20.8 Å². The molecule has 0 spiro atoms. The molecule has 0 unspecified atom stereocenters. The molecule has 0 aliphatic rings. The molecule has 0 aromatic heterocycles. The molecule has 0 atom stereocenters. The van der Waals surface area contributed by atoms with Gasteiger partial charge in [-0.3, -0.25) is 10.8 Å². The lowest BCUT2D eigenvalue weighted by Gasteiger charge is -2.20. The van der Waals surface area contributed by atoms with E-state index >= 15 is 0 Å². The van der Waals surface area contributed by atoms with Crippen LogP contribution in [0.2, 0.25) is 0 Å². The van der Waals surface area contributed by atoms with E-state index in [1.165, 1.54) is 17.3 Å². The number of benzene rings is 1. The van der Waals surface area contributed by atoms with Crippen molar-refractivity contribution in [3.8, 4) is 0 Å². The maximum atomic E-state index is 7.92. The highest BCUT2D eigenvalue weighted by Gasteiger charge is 2.18. The van der Waals surface area contributed by atoms with Crippen molar-refractivity contribution < 1.29 is 4.74 Å². The zero-order chi connectivity index (χ0) is 17.6. The van der Waals surface area contributed by atoms with Crippen LogP contribution in [0.3, 0.4) is 0 Å². The Bertz CT molecular complexity index is 493. The Balaban J connectivity index is 0.00000211. The first-order chi connectivity index (χ1) is 9.99. The largest absolute Gasteiger partial charge is 0.415 e. The summed E-state index contributed by atoms with van der Waals surface area (Å²) in [6, 6.07) is 7.76. The van der Waals surface area contributed by atoms with E-state index in [4.69, 9.17) is 15.6 Å². The standard InChI is InChI=1S/C16H24N2OS.C2H6/c1-15(2,3)12-9-7-11(8-10-12)13(17)19-14(18)20-16(4,5)6;1-2/h7-10,17-18H,1-6H3;1-2H3. The summed E-state index contributed by atoms with van der Waals surface area (Å²) >= 11 is 1.31. The molecule has 1 aromatic rings. The van der Waals surface area contributed by atoms with Crippen molar-refractivity contribution in [2.75, 3.05) is 0 Å². The van der Waals surface area contributed by atoms with Gasteiger partial charge in [-0.1, -0.05) is 79.3 Å². The molecular weight excluding hydrogens is 292 g/mol. The minimum absolute atomic E-state index is 0.0206. The van der Waals surface area contributed by atoms with Gasteiger partial charge in [0.05, 0.1) is 0 Å². The van der Waals surface area contributed by atoms with E-state index < -0.39 is 0 Å². The number of thioether (sulfide) groups is 1. The van der Waals surface area contributed by atoms with Crippen LogP contribution in [0.15, 0.2) is 24.3 Å². The van der Waals surface area contributed by atoms with Gasteiger partial charge < -0.3 is 4.74 Å². The predicted octanol–water partition coefficient (Wildman–Crippen LogP) is 5.82. The van der Waals surface area contributed by atoms with Crippen molar-refractivity contribution in [2.24, 2.45) is 0 Å². The van der Waals surface area contributed by atoms with Crippen LogP contribution in [0.5, 0.6) is 0 Å². The average molecular weight is 323 g/mol. The van der Waals surface area contributed by atoms with Gasteiger partial charge >= 0.3 is 0 Å². The number of ether oxygens (including phenoxy) is 1. The molecule has 22 heavy (non-hydrogen) atoms. The first kappa shape index (κ1) is 20.7. The highest BCUT2D eigenvalue weighted by Crippen LogP contribution is 2.25. The Morgan fingerprint density at radius 2 is 1.36 bits per heavy atom. The predicted molar refractivity (Wildman–Crippen MR) is 99.5 cm³/mol. The van der Waals surface area contributed by atoms with E-state index in [0.717, 1.165) is 0 Å². The van der Waals surface area contributed by atoms with Crippen molar-refractivity contribution in [3.05, 3.63) is 35.4 Å². The third kappa shape index (κ3) is 7.64. The van der Waals surface area contributed by atoms with Crippen molar-refractivity contribution in [1.29, 1.82) is 10.8 Å². The molecule has 0 aliphatic heterocycles. The van der Waals surface area contributed by atoms with E-state index in [1.54, 1.807) is 0 Å². The quantitative estimate of drug-likeness (QED) is 0.505. The molecule has 0 bridgehead atoms. The van der Waals surface area contributed by atoms with E-state index in [-0.39, 0.29) is 21.3 Å². The van der Waals surface area contributed by atoms with Gasteiger partial charge in [0.25, 0.3) is 5.23 Å². The Labute approximate surface area is 139 Å². The van der Waals surface area contributed by atoms with Crippen LogP contribution in [0.25, 0.3) is 0 Å². The third-order valence-corrected chi connectivity index (χ3v) is 3.49. The number of rotatable bonds is 1. The Morgan fingerprint density at radius 3 is 1.73 bits per heavy atom. The third-order valence-electron chi connectivity index (χ3n) is 2.61. The molecule has 3 nitrogen and oxygen atoms in total. The van der Waals surface area contributed by atoms with Crippen molar-refractivity contribution in [2.45, 2.75) is 65.6 Å². The van der Waals surface area contributed by atoms with E-state index in [1.807, 2.05) is 58.9 Å². The maximum absolute atomic E-state index is 7.92. The lowest BCUT2D eigenvalue weighted by Crippen LogP contribution is -2.17. The molecule has 0 amide bonds. The summed E-state index contributed by atoms with van der Waals surface area (Å²) in [6.45, 7) is 16.5. The smallest absolute Gasteiger partial charge is 0.250 e. The number of hydrogen-bond donors (Lipinski definition) is 2. The Kier molecular flexibility index (Phi) is 7.88.